The maximum absolute atomic E-state index is 5.06. The normalized spacial score (nSPS) is 24.6. The van der Waals surface area contributed by atoms with E-state index >= 15 is 0 Å². The van der Waals surface area contributed by atoms with E-state index in [0.717, 1.165) is 30.4 Å². The first-order valence-electron chi connectivity index (χ1n) is 13.5. The molecule has 0 bridgehead atoms. The van der Waals surface area contributed by atoms with Gasteiger partial charge in [-0.15, -0.1) is 5.10 Å². The van der Waals surface area contributed by atoms with Crippen LogP contribution in [-0.4, -0.2) is 30.4 Å². The van der Waals surface area contributed by atoms with Gasteiger partial charge < -0.3 is 9.88 Å². The molecule has 0 amide bonds. The summed E-state index contributed by atoms with van der Waals surface area (Å²) in [6.07, 6.45) is 19.1. The monoisotopic (exact) mass is 460 g/mol. The van der Waals surface area contributed by atoms with Gasteiger partial charge in [0.15, 0.2) is 0 Å². The first-order valence-corrected chi connectivity index (χ1v) is 13.5. The Morgan fingerprint density at radius 3 is 2.38 bits per heavy atom. The van der Waals surface area contributed by atoms with Crippen LogP contribution in [0.3, 0.4) is 0 Å². The number of aryl methyl sites for hydroxylation is 2. The predicted octanol–water partition coefficient (Wildman–Crippen LogP) is 6.65. The highest BCUT2D eigenvalue weighted by Crippen LogP contribution is 2.32. The van der Waals surface area contributed by atoms with Crippen molar-refractivity contribution in [3.05, 3.63) is 59.9 Å². The molecule has 2 aromatic heterocycles. The molecule has 3 heterocycles. The van der Waals surface area contributed by atoms with E-state index in [1.165, 1.54) is 76.2 Å². The minimum Gasteiger partial charge on any atom is -0.350 e. The molecule has 0 radical (unpaired) electrons. The first kappa shape index (κ1) is 23.1. The van der Waals surface area contributed by atoms with E-state index in [4.69, 9.17) is 10.1 Å². The highest BCUT2D eigenvalue weighted by Gasteiger charge is 2.25. The molecule has 6 heteroatoms. The summed E-state index contributed by atoms with van der Waals surface area (Å²) in [4.78, 5) is 9.52. The fourth-order valence-corrected chi connectivity index (χ4v) is 5.85. The highest BCUT2D eigenvalue weighted by molar-refractivity contribution is 5.31. The smallest absolute Gasteiger partial charge is 0.242 e. The molecule has 0 saturated heterocycles. The number of hydrogen-bond acceptors (Lipinski definition) is 4. The van der Waals surface area contributed by atoms with E-state index < -0.39 is 0 Å². The predicted molar refractivity (Wildman–Crippen MR) is 137 cm³/mol. The third-order valence-corrected chi connectivity index (χ3v) is 7.74. The van der Waals surface area contributed by atoms with Gasteiger partial charge in [0.25, 0.3) is 0 Å². The summed E-state index contributed by atoms with van der Waals surface area (Å²) in [5.74, 6) is 2.33. The number of anilines is 1. The van der Waals surface area contributed by atoms with Crippen molar-refractivity contribution in [2.45, 2.75) is 109 Å². The van der Waals surface area contributed by atoms with Crippen LogP contribution in [0.4, 0.5) is 5.95 Å². The van der Waals surface area contributed by atoms with E-state index in [-0.39, 0.29) is 0 Å². The average molecular weight is 461 g/mol. The molecule has 0 spiro atoms. The van der Waals surface area contributed by atoms with E-state index in [2.05, 4.69) is 63.0 Å². The van der Waals surface area contributed by atoms with Crippen LogP contribution in [0.25, 0.3) is 0 Å². The Hall–Kier alpha value is -2.63. The summed E-state index contributed by atoms with van der Waals surface area (Å²) in [6, 6.07) is 11.9. The Morgan fingerprint density at radius 1 is 0.853 bits per heavy atom. The number of rotatable bonds is 4. The van der Waals surface area contributed by atoms with Crippen LogP contribution in [0, 0.1) is 6.92 Å². The Balaban J connectivity index is 1.23. The number of fused-ring (bicyclic) bond motifs is 1. The molecule has 1 N–H and O–H groups in total. The molecule has 1 aromatic carbocycles. The Morgan fingerprint density at radius 2 is 1.59 bits per heavy atom. The van der Waals surface area contributed by atoms with Gasteiger partial charge in [-0.05, 0) is 51.0 Å². The largest absolute Gasteiger partial charge is 0.350 e. The van der Waals surface area contributed by atoms with Crippen LogP contribution in [0.2, 0.25) is 0 Å². The molecule has 1 aliphatic carbocycles. The highest BCUT2D eigenvalue weighted by atomic mass is 15.4. The number of benzene rings is 1. The number of nitrogens with one attached hydrogen (secondary N) is 1. The summed E-state index contributed by atoms with van der Waals surface area (Å²) >= 11 is 0. The summed E-state index contributed by atoms with van der Waals surface area (Å²) in [7, 11) is 0. The second kappa shape index (κ2) is 11.2. The van der Waals surface area contributed by atoms with E-state index in [0.29, 0.717) is 18.0 Å². The number of hydrogen-bond donors (Lipinski definition) is 1. The maximum atomic E-state index is 5.06. The molecule has 34 heavy (non-hydrogen) atoms. The Bertz CT molecular complexity index is 1020. The van der Waals surface area contributed by atoms with Crippen molar-refractivity contribution < 1.29 is 0 Å². The van der Waals surface area contributed by atoms with Gasteiger partial charge in [0.2, 0.25) is 5.95 Å². The molecule has 3 atom stereocenters. The molecule has 5 rings (SSSR count). The van der Waals surface area contributed by atoms with E-state index in [9.17, 15) is 0 Å². The standard InChI is InChI=1S/C28H40N6/c1-22-20-33(21-29-22)25-16-7-3-6-14-24(15-8-9-17-25)30-28-31-27-26(23-12-4-2-5-13-23)18-10-11-19-34(27)32-28/h2,4-5,12-13,20-21,24-26H,3,6-11,14-19H2,1H3,(H,30,32). The summed E-state index contributed by atoms with van der Waals surface area (Å²) < 4.78 is 4.53. The van der Waals surface area contributed by atoms with Crippen molar-refractivity contribution in [1.82, 2.24) is 24.3 Å². The maximum Gasteiger partial charge on any atom is 0.242 e. The van der Waals surface area contributed by atoms with Crippen molar-refractivity contribution in [2.75, 3.05) is 5.32 Å². The molecule has 1 saturated carbocycles. The van der Waals surface area contributed by atoms with Gasteiger partial charge in [-0.3, -0.25) is 0 Å². The summed E-state index contributed by atoms with van der Waals surface area (Å²) in [5, 5.41) is 8.69. The lowest BCUT2D eigenvalue weighted by Crippen LogP contribution is -2.20. The fourth-order valence-electron chi connectivity index (χ4n) is 5.85. The van der Waals surface area contributed by atoms with Crippen LogP contribution in [-0.2, 0) is 6.54 Å². The van der Waals surface area contributed by atoms with Crippen LogP contribution in [0.5, 0.6) is 0 Å². The summed E-state index contributed by atoms with van der Waals surface area (Å²) in [6.45, 7) is 3.07. The molecular weight excluding hydrogens is 420 g/mol. The lowest BCUT2D eigenvalue weighted by Gasteiger charge is -2.18. The number of nitrogens with zero attached hydrogens (tertiary/aromatic N) is 5. The average Bonchev–Trinajstić information content (AvgIpc) is 3.39. The van der Waals surface area contributed by atoms with Gasteiger partial charge in [-0.2, -0.15) is 4.98 Å². The second-order valence-corrected chi connectivity index (χ2v) is 10.4. The van der Waals surface area contributed by atoms with E-state index in [1.54, 1.807) is 0 Å². The topological polar surface area (TPSA) is 60.6 Å². The van der Waals surface area contributed by atoms with E-state index in [1.807, 2.05) is 6.33 Å². The third-order valence-electron chi connectivity index (χ3n) is 7.74. The van der Waals surface area contributed by atoms with Crippen molar-refractivity contribution in [1.29, 1.82) is 0 Å². The molecule has 2 aliphatic rings. The zero-order valence-electron chi connectivity index (χ0n) is 20.7. The van der Waals surface area contributed by atoms with Crippen molar-refractivity contribution in [2.24, 2.45) is 0 Å². The van der Waals surface area contributed by atoms with Gasteiger partial charge in [-0.25, -0.2) is 9.67 Å². The lowest BCUT2D eigenvalue weighted by atomic mass is 9.94. The zero-order valence-corrected chi connectivity index (χ0v) is 20.7. The van der Waals surface area contributed by atoms with Gasteiger partial charge in [0.05, 0.1) is 12.0 Å². The molecule has 1 fully saturated rings. The molecule has 3 unspecified atom stereocenters. The van der Waals surface area contributed by atoms with Crippen molar-refractivity contribution in [3.8, 4) is 0 Å². The van der Waals surface area contributed by atoms with Crippen molar-refractivity contribution in [3.63, 3.8) is 0 Å². The van der Waals surface area contributed by atoms with Crippen LogP contribution < -0.4 is 5.32 Å². The second-order valence-electron chi connectivity index (χ2n) is 10.4. The zero-order chi connectivity index (χ0) is 23.2. The minimum atomic E-state index is 0.350. The number of aromatic nitrogens is 5. The van der Waals surface area contributed by atoms with Gasteiger partial charge in [-0.1, -0.05) is 68.9 Å². The van der Waals surface area contributed by atoms with Crippen molar-refractivity contribution >= 4 is 5.95 Å². The fraction of sp³-hybridized carbons (Fsp3) is 0.607. The lowest BCUT2D eigenvalue weighted by molar-refractivity contribution is 0.403. The molecule has 182 valence electrons. The van der Waals surface area contributed by atoms with Gasteiger partial charge >= 0.3 is 0 Å². The Labute approximate surface area is 204 Å². The Kier molecular flexibility index (Phi) is 7.62. The third kappa shape index (κ3) is 5.70. The molecular formula is C28H40N6. The number of imidazole rings is 1. The molecule has 6 nitrogen and oxygen atoms in total. The SMILES string of the molecule is Cc1cn(C2CCCCCC(Nc3nc4n(n3)CCCCC4c3ccccc3)CCCC2)cn1. The van der Waals surface area contributed by atoms with Crippen LogP contribution in [0.1, 0.15) is 106 Å². The van der Waals surface area contributed by atoms with Gasteiger partial charge in [0.1, 0.15) is 5.82 Å². The summed E-state index contributed by atoms with van der Waals surface area (Å²) in [5.41, 5.74) is 2.49. The van der Waals surface area contributed by atoms with Gasteiger partial charge in [0, 0.05) is 30.7 Å². The molecule has 1 aliphatic heterocycles. The first-order chi connectivity index (χ1) is 16.8. The quantitative estimate of drug-likeness (QED) is 0.474. The molecule has 3 aromatic rings. The van der Waals surface area contributed by atoms with Crippen LogP contribution >= 0.6 is 0 Å². The minimum absolute atomic E-state index is 0.350. The van der Waals surface area contributed by atoms with Crippen LogP contribution in [0.15, 0.2) is 42.9 Å².